The number of hydrogen-bond acceptors (Lipinski definition) is 6. The number of halogens is 2. The molecule has 2 N–H and O–H groups in total. The first kappa shape index (κ1) is 23.1. The number of likely N-dealkylation sites (tertiary alicyclic amines) is 1. The predicted molar refractivity (Wildman–Crippen MR) is 134 cm³/mol. The fraction of sp³-hybridized carbons (Fsp3) is 0.480. The first-order valence-corrected chi connectivity index (χ1v) is 12.5. The summed E-state index contributed by atoms with van der Waals surface area (Å²) in [4.78, 5) is 18.5. The third-order valence-corrected chi connectivity index (χ3v) is 7.39. The van der Waals surface area contributed by atoms with Crippen molar-refractivity contribution in [3.63, 3.8) is 0 Å². The Morgan fingerprint density at radius 2 is 1.91 bits per heavy atom. The van der Waals surface area contributed by atoms with Gasteiger partial charge in [0.25, 0.3) is 0 Å². The van der Waals surface area contributed by atoms with Gasteiger partial charge < -0.3 is 20.1 Å². The van der Waals surface area contributed by atoms with Crippen molar-refractivity contribution in [3.05, 3.63) is 53.0 Å². The zero-order chi connectivity index (χ0) is 23.7. The lowest BCUT2D eigenvalue weighted by molar-refractivity contribution is 0.173. The van der Waals surface area contributed by atoms with Gasteiger partial charge in [-0.3, -0.25) is 0 Å². The first-order chi connectivity index (χ1) is 16.5. The Balaban J connectivity index is 1.37. The van der Waals surface area contributed by atoms with Gasteiger partial charge in [-0.15, -0.1) is 0 Å². The number of piperidine rings is 1. The van der Waals surface area contributed by atoms with Gasteiger partial charge in [0.15, 0.2) is 0 Å². The molecule has 2 aliphatic heterocycles. The molecule has 3 aromatic rings. The molecule has 0 radical (unpaired) electrons. The van der Waals surface area contributed by atoms with E-state index in [0.717, 1.165) is 73.9 Å². The van der Waals surface area contributed by atoms with Crippen molar-refractivity contribution in [1.82, 2.24) is 24.4 Å². The third-order valence-electron chi connectivity index (χ3n) is 7.10. The van der Waals surface area contributed by atoms with Crippen LogP contribution in [0.2, 0.25) is 5.02 Å². The van der Waals surface area contributed by atoms with E-state index in [1.807, 2.05) is 0 Å². The van der Waals surface area contributed by atoms with Crippen LogP contribution in [0.4, 0.5) is 16.0 Å². The summed E-state index contributed by atoms with van der Waals surface area (Å²) in [6, 6.07) is 4.83. The third kappa shape index (κ3) is 4.61. The molecule has 0 aliphatic carbocycles. The van der Waals surface area contributed by atoms with Gasteiger partial charge in [0.05, 0.1) is 10.7 Å². The molecule has 2 saturated heterocycles. The number of hydrogen-bond donors (Lipinski definition) is 1. The van der Waals surface area contributed by atoms with E-state index >= 15 is 0 Å². The van der Waals surface area contributed by atoms with Crippen molar-refractivity contribution in [2.45, 2.75) is 45.1 Å². The van der Waals surface area contributed by atoms with Crippen LogP contribution in [-0.4, -0.2) is 57.1 Å². The smallest absolute Gasteiger partial charge is 0.141 e. The quantitative estimate of drug-likeness (QED) is 0.538. The van der Waals surface area contributed by atoms with E-state index in [0.29, 0.717) is 11.7 Å². The molecule has 5 rings (SSSR count). The lowest BCUT2D eigenvalue weighted by Gasteiger charge is -2.34. The summed E-state index contributed by atoms with van der Waals surface area (Å²) < 4.78 is 16.0. The maximum absolute atomic E-state index is 13.7. The Hall–Kier alpha value is -2.71. The highest BCUT2D eigenvalue weighted by Gasteiger charge is 2.27. The van der Waals surface area contributed by atoms with E-state index in [1.54, 1.807) is 18.5 Å². The Morgan fingerprint density at radius 1 is 1.12 bits per heavy atom. The van der Waals surface area contributed by atoms with E-state index < -0.39 is 5.82 Å². The molecule has 2 aliphatic rings. The molecule has 0 bridgehead atoms. The van der Waals surface area contributed by atoms with E-state index in [9.17, 15) is 4.39 Å². The molecule has 1 aromatic carbocycles. The zero-order valence-corrected chi connectivity index (χ0v) is 20.3. The van der Waals surface area contributed by atoms with Crippen LogP contribution < -0.4 is 10.6 Å². The fourth-order valence-electron chi connectivity index (χ4n) is 4.96. The average molecular weight is 484 g/mol. The fourth-order valence-corrected chi connectivity index (χ4v) is 5.14. The molecule has 2 aromatic heterocycles. The van der Waals surface area contributed by atoms with Gasteiger partial charge in [0, 0.05) is 49.4 Å². The maximum atomic E-state index is 13.7. The number of aromatic nitrogens is 4. The van der Waals surface area contributed by atoms with E-state index in [1.165, 1.54) is 25.6 Å². The minimum Gasteiger partial charge on any atom is -0.383 e. The van der Waals surface area contributed by atoms with Crippen LogP contribution in [0.25, 0.3) is 11.3 Å². The van der Waals surface area contributed by atoms with Gasteiger partial charge in [-0.05, 0) is 57.0 Å². The molecule has 0 amide bonds. The number of nitrogen functional groups attached to an aromatic ring is 1. The van der Waals surface area contributed by atoms with Gasteiger partial charge in [-0.1, -0.05) is 18.5 Å². The molecule has 0 spiro atoms. The van der Waals surface area contributed by atoms with Gasteiger partial charge in [0.2, 0.25) is 0 Å². The molecule has 180 valence electrons. The topological polar surface area (TPSA) is 76.1 Å². The second kappa shape index (κ2) is 9.88. The van der Waals surface area contributed by atoms with Crippen LogP contribution >= 0.6 is 11.6 Å². The Morgan fingerprint density at radius 3 is 2.59 bits per heavy atom. The molecule has 34 heavy (non-hydrogen) atoms. The lowest BCUT2D eigenvalue weighted by atomic mass is 9.95. The van der Waals surface area contributed by atoms with Crippen LogP contribution in [0.3, 0.4) is 0 Å². The van der Waals surface area contributed by atoms with Crippen molar-refractivity contribution in [3.8, 4) is 11.3 Å². The number of benzene rings is 1. The molecule has 9 heteroatoms. The highest BCUT2D eigenvalue weighted by atomic mass is 35.5. The normalized spacial score (nSPS) is 17.2. The van der Waals surface area contributed by atoms with Crippen molar-refractivity contribution in [2.24, 2.45) is 0 Å². The van der Waals surface area contributed by atoms with Crippen LogP contribution in [0.1, 0.15) is 43.5 Å². The van der Waals surface area contributed by atoms with E-state index in [2.05, 4.69) is 37.5 Å². The van der Waals surface area contributed by atoms with Crippen molar-refractivity contribution in [2.75, 3.05) is 43.4 Å². The zero-order valence-electron chi connectivity index (χ0n) is 19.6. The highest BCUT2D eigenvalue weighted by Crippen LogP contribution is 2.34. The number of nitrogens with two attached hydrogens (primary N) is 1. The maximum Gasteiger partial charge on any atom is 0.141 e. The second-order valence-corrected chi connectivity index (χ2v) is 9.58. The molecule has 2 fully saturated rings. The van der Waals surface area contributed by atoms with Gasteiger partial charge in [-0.2, -0.15) is 0 Å². The van der Waals surface area contributed by atoms with E-state index in [4.69, 9.17) is 22.3 Å². The molecule has 0 unspecified atom stereocenters. The van der Waals surface area contributed by atoms with Crippen LogP contribution in [0.15, 0.2) is 30.7 Å². The minimum absolute atomic E-state index is 0.123. The lowest BCUT2D eigenvalue weighted by Crippen LogP contribution is -2.39. The average Bonchev–Trinajstić information content (AvgIpc) is 3.24. The molecule has 4 heterocycles. The van der Waals surface area contributed by atoms with Crippen LogP contribution in [-0.2, 0) is 13.0 Å². The first-order valence-electron chi connectivity index (χ1n) is 12.1. The predicted octanol–water partition coefficient (Wildman–Crippen LogP) is 4.37. The summed E-state index contributed by atoms with van der Waals surface area (Å²) in [5.41, 5.74) is 8.81. The van der Waals surface area contributed by atoms with Crippen LogP contribution in [0.5, 0.6) is 0 Å². The number of rotatable bonds is 7. The molecular weight excluding hydrogens is 453 g/mol. The number of anilines is 2. The summed E-state index contributed by atoms with van der Waals surface area (Å²) in [6.07, 6.45) is 7.72. The standard InChI is InChI=1S/C25H31ClFN7/c1-2-19-23(28)29-16-30-25(19)33-10-6-17(7-11-33)24-31-22(18-4-5-21(27)20(26)14-18)15-34(24)13-12-32-8-3-9-32/h4-5,14-17H,2-3,6-13H2,1H3,(H2,28,29,30). The summed E-state index contributed by atoms with van der Waals surface area (Å²) >= 11 is 6.06. The van der Waals surface area contributed by atoms with Crippen molar-refractivity contribution < 1.29 is 4.39 Å². The van der Waals surface area contributed by atoms with Gasteiger partial charge in [-0.25, -0.2) is 19.3 Å². The monoisotopic (exact) mass is 483 g/mol. The largest absolute Gasteiger partial charge is 0.383 e. The molecule has 7 nitrogen and oxygen atoms in total. The minimum atomic E-state index is -0.410. The number of imidazole rings is 1. The highest BCUT2D eigenvalue weighted by molar-refractivity contribution is 6.31. The Bertz CT molecular complexity index is 1150. The summed E-state index contributed by atoms with van der Waals surface area (Å²) in [7, 11) is 0. The Kier molecular flexibility index (Phi) is 6.70. The van der Waals surface area contributed by atoms with Crippen LogP contribution in [0, 0.1) is 5.82 Å². The molecule has 0 atom stereocenters. The van der Waals surface area contributed by atoms with Crippen molar-refractivity contribution in [1.29, 1.82) is 0 Å². The number of nitrogens with zero attached hydrogens (tertiary/aromatic N) is 6. The van der Waals surface area contributed by atoms with E-state index in [-0.39, 0.29) is 5.02 Å². The van der Waals surface area contributed by atoms with Gasteiger partial charge >= 0.3 is 0 Å². The summed E-state index contributed by atoms with van der Waals surface area (Å²) in [5, 5.41) is 0.123. The van der Waals surface area contributed by atoms with Gasteiger partial charge in [0.1, 0.15) is 29.6 Å². The molecular formula is C25H31ClFN7. The second-order valence-electron chi connectivity index (χ2n) is 9.18. The summed E-state index contributed by atoms with van der Waals surface area (Å²) in [5.74, 6) is 2.57. The van der Waals surface area contributed by atoms with Crippen molar-refractivity contribution >= 4 is 23.2 Å². The Labute approximate surface area is 204 Å². The SMILES string of the molecule is CCc1c(N)ncnc1N1CCC(c2nc(-c3ccc(F)c(Cl)c3)cn2CCN2CCC2)CC1. The summed E-state index contributed by atoms with van der Waals surface area (Å²) in [6.45, 7) is 8.14. The molecule has 0 saturated carbocycles.